The molecule has 0 atom stereocenters. The molecule has 0 saturated carbocycles. The molecule has 2 aromatic rings. The first-order valence-corrected chi connectivity index (χ1v) is 9.18. The Labute approximate surface area is 155 Å². The molecule has 0 unspecified atom stereocenters. The van der Waals surface area contributed by atoms with Crippen LogP contribution in [0.1, 0.15) is 51.2 Å². The number of carbonyl (C=O) groups is 1. The highest BCUT2D eigenvalue weighted by molar-refractivity contribution is 5.97. The average molecular weight is 351 g/mol. The zero-order chi connectivity index (χ0) is 18.6. The van der Waals surface area contributed by atoms with Crippen LogP contribution in [0.3, 0.4) is 0 Å². The molecular formula is C22H25NO3. The lowest BCUT2D eigenvalue weighted by atomic mass is 10.1. The quantitative estimate of drug-likeness (QED) is 0.236. The summed E-state index contributed by atoms with van der Waals surface area (Å²) < 4.78 is 10.9. The monoisotopic (exact) mass is 351 g/mol. The van der Waals surface area contributed by atoms with Crippen molar-refractivity contribution in [3.8, 4) is 17.4 Å². The third-order valence-electron chi connectivity index (χ3n) is 4.04. The van der Waals surface area contributed by atoms with E-state index in [1.165, 1.54) is 25.3 Å². The van der Waals surface area contributed by atoms with Crippen molar-refractivity contribution >= 4 is 12.0 Å². The van der Waals surface area contributed by atoms with Crippen molar-refractivity contribution in [1.29, 1.82) is 5.26 Å². The highest BCUT2D eigenvalue weighted by Crippen LogP contribution is 2.23. The maximum Gasteiger partial charge on any atom is 0.349 e. The van der Waals surface area contributed by atoms with Crippen molar-refractivity contribution in [1.82, 2.24) is 0 Å². The summed E-state index contributed by atoms with van der Waals surface area (Å²) in [6, 6.07) is 15.1. The number of nitriles is 1. The zero-order valence-corrected chi connectivity index (χ0v) is 15.2. The average Bonchev–Trinajstić information content (AvgIpc) is 3.14. The molecule has 1 aromatic heterocycles. The SMILES string of the molecule is CCCCCCCCOC(=O)/C(C#N)=C/c1ccc(-c2ccccc2)o1. The topological polar surface area (TPSA) is 63.2 Å². The summed E-state index contributed by atoms with van der Waals surface area (Å²) in [7, 11) is 0. The van der Waals surface area contributed by atoms with Crippen LogP contribution in [0.25, 0.3) is 17.4 Å². The van der Waals surface area contributed by atoms with E-state index in [1.54, 1.807) is 6.07 Å². The van der Waals surface area contributed by atoms with E-state index in [0.29, 0.717) is 18.1 Å². The van der Waals surface area contributed by atoms with Gasteiger partial charge in [0.25, 0.3) is 0 Å². The second-order valence-electron chi connectivity index (χ2n) is 6.14. The van der Waals surface area contributed by atoms with Gasteiger partial charge >= 0.3 is 5.97 Å². The lowest BCUT2D eigenvalue weighted by Gasteiger charge is -2.03. The molecule has 0 aliphatic rings. The van der Waals surface area contributed by atoms with Crippen LogP contribution in [0, 0.1) is 11.3 Å². The lowest BCUT2D eigenvalue weighted by molar-refractivity contribution is -0.138. The minimum absolute atomic E-state index is 0.0510. The fraction of sp³-hybridized carbons (Fsp3) is 0.364. The molecule has 26 heavy (non-hydrogen) atoms. The molecule has 0 amide bonds. The van der Waals surface area contributed by atoms with Gasteiger partial charge in [0.1, 0.15) is 23.2 Å². The minimum Gasteiger partial charge on any atom is -0.462 e. The molecule has 0 aliphatic heterocycles. The van der Waals surface area contributed by atoms with E-state index in [4.69, 9.17) is 9.15 Å². The van der Waals surface area contributed by atoms with Crippen LogP contribution in [0.4, 0.5) is 0 Å². The molecule has 0 bridgehead atoms. The van der Waals surface area contributed by atoms with Crippen LogP contribution >= 0.6 is 0 Å². The number of hydrogen-bond acceptors (Lipinski definition) is 4. The van der Waals surface area contributed by atoms with Crippen LogP contribution in [0.5, 0.6) is 0 Å². The molecule has 0 fully saturated rings. The molecule has 0 radical (unpaired) electrons. The Kier molecular flexibility index (Phi) is 8.21. The maximum absolute atomic E-state index is 12.0. The van der Waals surface area contributed by atoms with Crippen LogP contribution in [0.2, 0.25) is 0 Å². The van der Waals surface area contributed by atoms with E-state index in [2.05, 4.69) is 6.92 Å². The second kappa shape index (κ2) is 10.9. The first kappa shape index (κ1) is 19.5. The van der Waals surface area contributed by atoms with Gasteiger partial charge in [-0.2, -0.15) is 5.26 Å². The number of rotatable bonds is 10. The molecule has 0 N–H and O–H groups in total. The third-order valence-corrected chi connectivity index (χ3v) is 4.04. The number of nitrogens with zero attached hydrogens (tertiary/aromatic N) is 1. The molecule has 1 heterocycles. The van der Waals surface area contributed by atoms with Crippen LogP contribution in [-0.4, -0.2) is 12.6 Å². The number of ether oxygens (including phenoxy) is 1. The van der Waals surface area contributed by atoms with Crippen molar-refractivity contribution in [2.75, 3.05) is 6.61 Å². The summed E-state index contributed by atoms with van der Waals surface area (Å²) in [5, 5.41) is 9.22. The van der Waals surface area contributed by atoms with Crippen molar-refractivity contribution in [3.05, 3.63) is 53.8 Å². The van der Waals surface area contributed by atoms with Gasteiger partial charge < -0.3 is 9.15 Å². The van der Waals surface area contributed by atoms with Gasteiger partial charge in [-0.1, -0.05) is 69.4 Å². The van der Waals surface area contributed by atoms with Crippen LogP contribution in [0.15, 0.2) is 52.5 Å². The van der Waals surface area contributed by atoms with Gasteiger partial charge in [-0.05, 0) is 18.6 Å². The van der Waals surface area contributed by atoms with Crippen LogP contribution in [-0.2, 0) is 9.53 Å². The smallest absolute Gasteiger partial charge is 0.349 e. The van der Waals surface area contributed by atoms with Crippen molar-refractivity contribution < 1.29 is 13.9 Å². The predicted molar refractivity (Wildman–Crippen MR) is 102 cm³/mol. The maximum atomic E-state index is 12.0. The summed E-state index contributed by atoms with van der Waals surface area (Å²) in [4.78, 5) is 12.0. The highest BCUT2D eigenvalue weighted by Gasteiger charge is 2.12. The zero-order valence-electron chi connectivity index (χ0n) is 15.2. The number of furan rings is 1. The van der Waals surface area contributed by atoms with E-state index in [0.717, 1.165) is 24.8 Å². The molecule has 0 saturated heterocycles. The second-order valence-corrected chi connectivity index (χ2v) is 6.14. The molecule has 0 aliphatic carbocycles. The Morgan fingerprint density at radius 2 is 1.81 bits per heavy atom. The molecule has 2 rings (SSSR count). The largest absolute Gasteiger partial charge is 0.462 e. The molecule has 136 valence electrons. The van der Waals surface area contributed by atoms with Crippen molar-refractivity contribution in [2.24, 2.45) is 0 Å². The van der Waals surface area contributed by atoms with Gasteiger partial charge in [0.05, 0.1) is 6.61 Å². The Hall–Kier alpha value is -2.80. The van der Waals surface area contributed by atoms with Gasteiger partial charge in [-0.25, -0.2) is 4.79 Å². The summed E-state index contributed by atoms with van der Waals surface area (Å²) in [6.07, 6.45) is 8.12. The van der Waals surface area contributed by atoms with E-state index >= 15 is 0 Å². The van der Waals surface area contributed by atoms with Crippen LogP contribution < -0.4 is 0 Å². The number of hydrogen-bond donors (Lipinski definition) is 0. The molecule has 4 heteroatoms. The van der Waals surface area contributed by atoms with Crippen molar-refractivity contribution in [3.63, 3.8) is 0 Å². The first-order valence-electron chi connectivity index (χ1n) is 9.18. The molecular weight excluding hydrogens is 326 g/mol. The minimum atomic E-state index is -0.598. The molecule has 4 nitrogen and oxygen atoms in total. The summed E-state index contributed by atoms with van der Waals surface area (Å²) in [5.41, 5.74) is 0.890. The van der Waals surface area contributed by atoms with E-state index in [9.17, 15) is 10.1 Å². The standard InChI is InChI=1S/C22H25NO3/c1-2-3-4-5-6-10-15-25-22(24)19(17-23)16-20-13-14-21(26-20)18-11-8-7-9-12-18/h7-9,11-14,16H,2-6,10,15H2,1H3/b19-16+. The molecule has 0 spiro atoms. The van der Waals surface area contributed by atoms with Gasteiger partial charge in [0.15, 0.2) is 0 Å². The van der Waals surface area contributed by atoms with Crippen molar-refractivity contribution in [2.45, 2.75) is 45.4 Å². The summed E-state index contributed by atoms with van der Waals surface area (Å²) >= 11 is 0. The van der Waals surface area contributed by atoms with E-state index < -0.39 is 5.97 Å². The van der Waals surface area contributed by atoms with Gasteiger partial charge in [-0.15, -0.1) is 0 Å². The first-order chi connectivity index (χ1) is 12.7. The Morgan fingerprint density at radius 3 is 2.54 bits per heavy atom. The number of esters is 1. The van der Waals surface area contributed by atoms with E-state index in [-0.39, 0.29) is 5.57 Å². The third kappa shape index (κ3) is 6.25. The van der Waals surface area contributed by atoms with Gasteiger partial charge in [0, 0.05) is 11.6 Å². The fourth-order valence-electron chi connectivity index (χ4n) is 2.59. The predicted octanol–water partition coefficient (Wildman–Crippen LogP) is 5.76. The van der Waals surface area contributed by atoms with Gasteiger partial charge in [0.2, 0.25) is 0 Å². The summed E-state index contributed by atoms with van der Waals surface area (Å²) in [5.74, 6) is 0.547. The Bertz CT molecular complexity index is 753. The number of carbonyl (C=O) groups excluding carboxylic acids is 1. The molecule has 1 aromatic carbocycles. The number of benzene rings is 1. The Morgan fingerprint density at radius 1 is 1.08 bits per heavy atom. The number of unbranched alkanes of at least 4 members (excludes halogenated alkanes) is 5. The van der Waals surface area contributed by atoms with E-state index in [1.807, 2.05) is 42.5 Å². The highest BCUT2D eigenvalue weighted by atomic mass is 16.5. The lowest BCUT2D eigenvalue weighted by Crippen LogP contribution is -2.07. The summed E-state index contributed by atoms with van der Waals surface area (Å²) in [6.45, 7) is 2.52. The van der Waals surface area contributed by atoms with Gasteiger partial charge in [-0.3, -0.25) is 0 Å². The fourth-order valence-corrected chi connectivity index (χ4v) is 2.59. The Balaban J connectivity index is 1.86. The normalized spacial score (nSPS) is 11.2.